The molecule has 2 aliphatic rings. The first kappa shape index (κ1) is 14.7. The van der Waals surface area contributed by atoms with Gasteiger partial charge < -0.3 is 20.1 Å². The van der Waals surface area contributed by atoms with Crippen molar-refractivity contribution >= 4 is 5.69 Å². The summed E-state index contributed by atoms with van der Waals surface area (Å²) in [6, 6.07) is 7.37. The number of nitrogens with zero attached hydrogens (tertiary/aromatic N) is 1. The Labute approximate surface area is 127 Å². The molecule has 1 aromatic rings. The van der Waals surface area contributed by atoms with Crippen LogP contribution in [0.1, 0.15) is 38.2 Å². The maximum absolute atomic E-state index is 9.48. The van der Waals surface area contributed by atoms with Gasteiger partial charge >= 0.3 is 0 Å². The predicted molar refractivity (Wildman–Crippen MR) is 84.8 cm³/mol. The number of nitrogens with one attached hydrogen (secondary N) is 1. The summed E-state index contributed by atoms with van der Waals surface area (Å²) in [5.74, 6) is 0.788. The Hall–Kier alpha value is -1.26. The molecule has 4 nitrogen and oxygen atoms in total. The normalized spacial score (nSPS) is 25.6. The number of benzene rings is 1. The molecule has 2 aliphatic heterocycles. The minimum absolute atomic E-state index is 0.0198. The zero-order valence-corrected chi connectivity index (χ0v) is 12.8. The minimum atomic E-state index is 0.0198. The Morgan fingerprint density at radius 3 is 3.05 bits per heavy atom. The van der Waals surface area contributed by atoms with E-state index in [1.165, 1.54) is 38.8 Å². The number of ether oxygens (including phenoxy) is 1. The van der Waals surface area contributed by atoms with Gasteiger partial charge in [0.15, 0.2) is 0 Å². The van der Waals surface area contributed by atoms with Crippen LogP contribution in [0, 0.1) is 0 Å². The van der Waals surface area contributed by atoms with Crippen LogP contribution in [-0.4, -0.2) is 41.8 Å². The van der Waals surface area contributed by atoms with Gasteiger partial charge in [-0.15, -0.1) is 0 Å². The van der Waals surface area contributed by atoms with Crippen LogP contribution in [0.25, 0.3) is 0 Å². The summed E-state index contributed by atoms with van der Waals surface area (Å²) in [6.45, 7) is 5.11. The van der Waals surface area contributed by atoms with E-state index in [-0.39, 0.29) is 6.61 Å². The number of aliphatic hydroxyl groups is 1. The predicted octanol–water partition coefficient (Wildman–Crippen LogP) is 2.62. The third kappa shape index (κ3) is 3.33. The van der Waals surface area contributed by atoms with E-state index < -0.39 is 0 Å². The number of fused-ring (bicyclic) bond motifs is 1. The van der Waals surface area contributed by atoms with Gasteiger partial charge in [-0.05, 0) is 57.4 Å². The molecule has 2 fully saturated rings. The van der Waals surface area contributed by atoms with Crippen LogP contribution in [0.2, 0.25) is 0 Å². The summed E-state index contributed by atoms with van der Waals surface area (Å²) in [6.07, 6.45) is 5.15. The van der Waals surface area contributed by atoms with Gasteiger partial charge in [0, 0.05) is 29.9 Å². The van der Waals surface area contributed by atoms with E-state index in [2.05, 4.69) is 16.3 Å². The van der Waals surface area contributed by atoms with E-state index in [1.807, 2.05) is 19.1 Å². The lowest BCUT2D eigenvalue weighted by molar-refractivity contribution is 0.188. The van der Waals surface area contributed by atoms with Crippen LogP contribution in [0.3, 0.4) is 0 Å². The van der Waals surface area contributed by atoms with E-state index in [4.69, 9.17) is 4.74 Å². The van der Waals surface area contributed by atoms with Gasteiger partial charge in [0.25, 0.3) is 0 Å². The molecule has 0 saturated carbocycles. The second kappa shape index (κ2) is 6.67. The molecule has 0 aliphatic carbocycles. The van der Waals surface area contributed by atoms with Gasteiger partial charge in [0.1, 0.15) is 5.75 Å². The van der Waals surface area contributed by atoms with Gasteiger partial charge in [-0.25, -0.2) is 0 Å². The van der Waals surface area contributed by atoms with Gasteiger partial charge in [-0.3, -0.25) is 0 Å². The number of piperidine rings is 1. The molecule has 21 heavy (non-hydrogen) atoms. The Morgan fingerprint density at radius 2 is 2.24 bits per heavy atom. The maximum Gasteiger partial charge on any atom is 0.124 e. The quantitative estimate of drug-likeness (QED) is 0.875. The molecule has 0 spiro atoms. The first-order chi connectivity index (χ1) is 10.3. The fraction of sp³-hybridized carbons (Fsp3) is 0.647. The van der Waals surface area contributed by atoms with E-state index in [0.717, 1.165) is 23.0 Å². The monoisotopic (exact) mass is 290 g/mol. The van der Waals surface area contributed by atoms with Crippen molar-refractivity contribution in [1.82, 2.24) is 4.90 Å². The Bertz CT molecular complexity index is 478. The molecular formula is C17H26N2O2. The average Bonchev–Trinajstić information content (AvgIpc) is 2.96. The average molecular weight is 290 g/mol. The number of hydrogen-bond acceptors (Lipinski definition) is 4. The third-order valence-electron chi connectivity index (χ3n) is 4.72. The fourth-order valence-corrected chi connectivity index (χ4v) is 3.68. The van der Waals surface area contributed by atoms with Crippen molar-refractivity contribution < 1.29 is 9.84 Å². The van der Waals surface area contributed by atoms with Crippen LogP contribution < -0.4 is 10.1 Å². The van der Waals surface area contributed by atoms with Crippen molar-refractivity contribution in [2.45, 2.75) is 51.3 Å². The Kier molecular flexibility index (Phi) is 4.66. The highest BCUT2D eigenvalue weighted by molar-refractivity contribution is 5.51. The number of rotatable bonds is 5. The summed E-state index contributed by atoms with van der Waals surface area (Å²) in [7, 11) is 0. The second-order valence-electron chi connectivity index (χ2n) is 6.11. The van der Waals surface area contributed by atoms with E-state index >= 15 is 0 Å². The zero-order valence-electron chi connectivity index (χ0n) is 12.8. The van der Waals surface area contributed by atoms with Crippen molar-refractivity contribution in [1.29, 1.82) is 0 Å². The van der Waals surface area contributed by atoms with Gasteiger partial charge in [0.2, 0.25) is 0 Å². The second-order valence-corrected chi connectivity index (χ2v) is 6.11. The summed E-state index contributed by atoms with van der Waals surface area (Å²) in [5.41, 5.74) is 1.96. The molecule has 0 aromatic heterocycles. The molecule has 0 radical (unpaired) electrons. The van der Waals surface area contributed by atoms with Crippen LogP contribution in [0.5, 0.6) is 5.75 Å². The largest absolute Gasteiger partial charge is 0.494 e. The molecule has 4 heteroatoms. The van der Waals surface area contributed by atoms with E-state index in [9.17, 15) is 5.11 Å². The molecule has 2 unspecified atom stereocenters. The Morgan fingerprint density at radius 1 is 1.33 bits per heavy atom. The highest BCUT2D eigenvalue weighted by Crippen LogP contribution is 2.30. The summed E-state index contributed by atoms with van der Waals surface area (Å²) in [4.78, 5) is 2.63. The first-order valence-electron chi connectivity index (χ1n) is 8.17. The van der Waals surface area contributed by atoms with Crippen molar-refractivity contribution in [2.75, 3.05) is 25.0 Å². The van der Waals surface area contributed by atoms with Gasteiger partial charge in [0.05, 0.1) is 13.2 Å². The molecule has 2 saturated heterocycles. The standard InChI is InChI=1S/C17H26N2O2/c1-2-21-17-6-5-14(10-13(17)12-20)18-15-7-9-19-8-3-4-16(19)11-15/h5-6,10,15-16,18,20H,2-4,7-9,11-12H2,1H3. The first-order valence-corrected chi connectivity index (χ1v) is 8.17. The highest BCUT2D eigenvalue weighted by Gasteiger charge is 2.31. The third-order valence-corrected chi connectivity index (χ3v) is 4.72. The molecule has 116 valence electrons. The number of anilines is 1. The molecule has 0 bridgehead atoms. The van der Waals surface area contributed by atoms with Crippen molar-refractivity contribution in [3.63, 3.8) is 0 Å². The lowest BCUT2D eigenvalue weighted by Crippen LogP contribution is -2.42. The highest BCUT2D eigenvalue weighted by atomic mass is 16.5. The molecule has 1 aromatic carbocycles. The lowest BCUT2D eigenvalue weighted by atomic mass is 9.97. The summed E-state index contributed by atoms with van der Waals surface area (Å²) < 4.78 is 5.54. The zero-order chi connectivity index (χ0) is 14.7. The van der Waals surface area contributed by atoms with Crippen molar-refractivity contribution in [3.8, 4) is 5.75 Å². The van der Waals surface area contributed by atoms with Crippen LogP contribution in [-0.2, 0) is 6.61 Å². The Balaban J connectivity index is 1.64. The maximum atomic E-state index is 9.48. The van der Waals surface area contributed by atoms with Crippen LogP contribution in [0.4, 0.5) is 5.69 Å². The van der Waals surface area contributed by atoms with Crippen molar-refractivity contribution in [3.05, 3.63) is 23.8 Å². The van der Waals surface area contributed by atoms with Gasteiger partial charge in [-0.2, -0.15) is 0 Å². The van der Waals surface area contributed by atoms with Crippen LogP contribution >= 0.6 is 0 Å². The smallest absolute Gasteiger partial charge is 0.124 e. The van der Waals surface area contributed by atoms with Gasteiger partial charge in [-0.1, -0.05) is 0 Å². The molecule has 2 N–H and O–H groups in total. The molecule has 0 amide bonds. The molecule has 2 heterocycles. The minimum Gasteiger partial charge on any atom is -0.494 e. The van der Waals surface area contributed by atoms with E-state index in [1.54, 1.807) is 0 Å². The van der Waals surface area contributed by atoms with Crippen LogP contribution in [0.15, 0.2) is 18.2 Å². The number of hydrogen-bond donors (Lipinski definition) is 2. The van der Waals surface area contributed by atoms with Crippen molar-refractivity contribution in [2.24, 2.45) is 0 Å². The molecule has 3 rings (SSSR count). The number of aliphatic hydroxyl groups excluding tert-OH is 1. The molecule has 2 atom stereocenters. The molecular weight excluding hydrogens is 264 g/mol. The lowest BCUT2D eigenvalue weighted by Gasteiger charge is -2.35. The SMILES string of the molecule is CCOc1ccc(NC2CCN3CCCC3C2)cc1CO. The topological polar surface area (TPSA) is 44.7 Å². The summed E-state index contributed by atoms with van der Waals surface area (Å²) in [5, 5.41) is 13.1. The van der Waals surface area contributed by atoms with E-state index in [0.29, 0.717) is 12.6 Å². The fourth-order valence-electron chi connectivity index (χ4n) is 3.68. The summed E-state index contributed by atoms with van der Waals surface area (Å²) >= 11 is 0.